The number of rotatable bonds is 7. The van der Waals surface area contributed by atoms with Crippen LogP contribution in [0.5, 0.6) is 5.75 Å². The van der Waals surface area contributed by atoms with E-state index in [1.807, 2.05) is 0 Å². The Morgan fingerprint density at radius 3 is 1.38 bits per heavy atom. The van der Waals surface area contributed by atoms with Crippen molar-refractivity contribution in [3.05, 3.63) is 259 Å². The van der Waals surface area contributed by atoms with Gasteiger partial charge < -0.3 is 4.74 Å². The molecule has 0 spiro atoms. The molecular formula is C62H42O. The summed E-state index contributed by atoms with van der Waals surface area (Å²) in [6, 6.07) is 88.5. The van der Waals surface area contributed by atoms with Gasteiger partial charge in [0.25, 0.3) is 0 Å². The van der Waals surface area contributed by atoms with Gasteiger partial charge in [0.2, 0.25) is 0 Å². The Kier molecular flexibility index (Phi) is 9.04. The van der Waals surface area contributed by atoms with E-state index in [9.17, 15) is 0 Å². The molecule has 0 aromatic heterocycles. The zero-order chi connectivity index (χ0) is 41.7. The molecule has 296 valence electrons. The van der Waals surface area contributed by atoms with Crippen LogP contribution in [0.2, 0.25) is 0 Å². The fraction of sp³-hybridized carbons (Fsp3) is 0.0323. The van der Waals surface area contributed by atoms with E-state index in [1.165, 1.54) is 105 Å². The molecule has 1 aliphatic heterocycles. The molecule has 11 aromatic rings. The number of benzene rings is 11. The Bertz CT molecular complexity index is 3440. The first-order valence-corrected chi connectivity index (χ1v) is 21.9. The lowest BCUT2D eigenvalue weighted by Crippen LogP contribution is -2.11. The Labute approximate surface area is 368 Å². The van der Waals surface area contributed by atoms with Gasteiger partial charge in [-0.2, -0.15) is 0 Å². The minimum Gasteiger partial charge on any atom is -0.484 e. The molecule has 0 amide bonds. The standard InChI is InChI=1S/C62H42O/c1-4-14-41(15-5-1)51-34-36-55-56(39-51)60(54-23-13-12-22-53(54)59(55)46-29-24-43(25-30-46)50-33-28-42-16-10-11-21-49(42)38-50)47-31-26-44(27-32-47)52-35-37-58-57(40-52)61(45-17-6-2-7-18-45)62(63-58)48-19-8-3-9-20-48/h1-40,61-62H. The summed E-state index contributed by atoms with van der Waals surface area (Å²) in [5.41, 5.74) is 15.8. The third-order valence-electron chi connectivity index (χ3n) is 13.1. The van der Waals surface area contributed by atoms with Crippen molar-refractivity contribution >= 4 is 32.3 Å². The van der Waals surface area contributed by atoms with E-state index in [1.54, 1.807) is 0 Å². The highest BCUT2D eigenvalue weighted by atomic mass is 16.5. The van der Waals surface area contributed by atoms with E-state index in [2.05, 4.69) is 243 Å². The highest BCUT2D eigenvalue weighted by Crippen LogP contribution is 2.51. The van der Waals surface area contributed by atoms with E-state index in [-0.39, 0.29) is 12.0 Å². The average Bonchev–Trinajstić information content (AvgIpc) is 3.75. The van der Waals surface area contributed by atoms with Gasteiger partial charge >= 0.3 is 0 Å². The summed E-state index contributed by atoms with van der Waals surface area (Å²) >= 11 is 0. The van der Waals surface area contributed by atoms with Crippen LogP contribution >= 0.6 is 0 Å². The molecule has 0 aliphatic carbocycles. The smallest absolute Gasteiger partial charge is 0.135 e. The molecule has 1 heteroatoms. The summed E-state index contributed by atoms with van der Waals surface area (Å²) in [7, 11) is 0. The van der Waals surface area contributed by atoms with Crippen molar-refractivity contribution in [3.8, 4) is 61.4 Å². The van der Waals surface area contributed by atoms with Crippen LogP contribution in [0.1, 0.15) is 28.7 Å². The normalized spacial score (nSPS) is 14.5. The summed E-state index contributed by atoms with van der Waals surface area (Å²) in [5, 5.41) is 7.48. The van der Waals surface area contributed by atoms with Gasteiger partial charge in [-0.25, -0.2) is 0 Å². The minimum atomic E-state index is -0.0888. The highest BCUT2D eigenvalue weighted by Gasteiger charge is 2.37. The van der Waals surface area contributed by atoms with Gasteiger partial charge in [0.15, 0.2) is 0 Å². The van der Waals surface area contributed by atoms with E-state index in [0.29, 0.717) is 0 Å². The van der Waals surface area contributed by atoms with Gasteiger partial charge in [0.05, 0.1) is 5.92 Å². The molecule has 0 radical (unpaired) electrons. The second-order valence-corrected chi connectivity index (χ2v) is 16.7. The van der Waals surface area contributed by atoms with Crippen LogP contribution in [0.15, 0.2) is 243 Å². The maximum absolute atomic E-state index is 6.73. The largest absolute Gasteiger partial charge is 0.484 e. The fourth-order valence-electron chi connectivity index (χ4n) is 10.0. The van der Waals surface area contributed by atoms with Crippen LogP contribution in [0.4, 0.5) is 0 Å². The van der Waals surface area contributed by atoms with Gasteiger partial charge in [-0.3, -0.25) is 0 Å². The number of hydrogen-bond acceptors (Lipinski definition) is 1. The third kappa shape index (κ3) is 6.58. The third-order valence-corrected chi connectivity index (χ3v) is 13.1. The molecule has 11 aromatic carbocycles. The second kappa shape index (κ2) is 15.5. The van der Waals surface area contributed by atoms with Crippen molar-refractivity contribution in [2.24, 2.45) is 0 Å². The lowest BCUT2D eigenvalue weighted by molar-refractivity contribution is 0.222. The van der Waals surface area contributed by atoms with Crippen molar-refractivity contribution in [1.82, 2.24) is 0 Å². The number of hydrogen-bond donors (Lipinski definition) is 0. The maximum Gasteiger partial charge on any atom is 0.135 e. The number of ether oxygens (including phenoxy) is 1. The first kappa shape index (κ1) is 36.8. The van der Waals surface area contributed by atoms with Crippen LogP contribution in [-0.2, 0) is 0 Å². The molecule has 12 rings (SSSR count). The van der Waals surface area contributed by atoms with Gasteiger partial charge in [-0.05, 0) is 123 Å². The van der Waals surface area contributed by atoms with E-state index >= 15 is 0 Å². The number of fused-ring (bicyclic) bond motifs is 4. The zero-order valence-electron chi connectivity index (χ0n) is 34.7. The van der Waals surface area contributed by atoms with Crippen LogP contribution in [0, 0.1) is 0 Å². The predicted octanol–water partition coefficient (Wildman–Crippen LogP) is 16.7. The topological polar surface area (TPSA) is 9.23 Å². The van der Waals surface area contributed by atoms with Gasteiger partial charge in [-0.1, -0.05) is 218 Å². The Morgan fingerprint density at radius 1 is 0.270 bits per heavy atom. The van der Waals surface area contributed by atoms with E-state index < -0.39 is 0 Å². The predicted molar refractivity (Wildman–Crippen MR) is 264 cm³/mol. The first-order valence-electron chi connectivity index (χ1n) is 21.9. The molecule has 2 unspecified atom stereocenters. The SMILES string of the molecule is c1ccc(-c2ccc3c(-c4ccc(-c5ccc6ccccc6c5)cc4)c4ccccc4c(-c4ccc(-c5ccc6c(c5)C(c5ccccc5)C(c5ccccc5)O6)cc4)c3c2)cc1. The second-order valence-electron chi connectivity index (χ2n) is 16.7. The van der Waals surface area contributed by atoms with Crippen molar-refractivity contribution < 1.29 is 4.74 Å². The van der Waals surface area contributed by atoms with Crippen molar-refractivity contribution in [2.45, 2.75) is 12.0 Å². The summed E-state index contributed by atoms with van der Waals surface area (Å²) in [4.78, 5) is 0. The minimum absolute atomic E-state index is 0.0888. The van der Waals surface area contributed by atoms with Crippen LogP contribution in [-0.4, -0.2) is 0 Å². The van der Waals surface area contributed by atoms with Crippen LogP contribution in [0.25, 0.3) is 88.0 Å². The molecule has 0 saturated carbocycles. The van der Waals surface area contributed by atoms with Crippen molar-refractivity contribution in [2.75, 3.05) is 0 Å². The summed E-state index contributed by atoms with van der Waals surface area (Å²) in [6.45, 7) is 0. The summed E-state index contributed by atoms with van der Waals surface area (Å²) < 4.78 is 6.73. The van der Waals surface area contributed by atoms with Crippen LogP contribution < -0.4 is 4.74 Å². The summed E-state index contributed by atoms with van der Waals surface area (Å²) in [6.07, 6.45) is -0.0888. The van der Waals surface area contributed by atoms with Gasteiger partial charge in [-0.15, -0.1) is 0 Å². The Balaban J connectivity index is 0.975. The van der Waals surface area contributed by atoms with Gasteiger partial charge in [0, 0.05) is 5.56 Å². The molecule has 0 bridgehead atoms. The highest BCUT2D eigenvalue weighted by molar-refractivity contribution is 6.22. The van der Waals surface area contributed by atoms with Gasteiger partial charge in [0.1, 0.15) is 11.9 Å². The molecule has 63 heavy (non-hydrogen) atoms. The fourth-order valence-corrected chi connectivity index (χ4v) is 10.0. The molecule has 0 fully saturated rings. The summed E-state index contributed by atoms with van der Waals surface area (Å²) in [5.74, 6) is 1.04. The Morgan fingerprint density at radius 2 is 0.714 bits per heavy atom. The van der Waals surface area contributed by atoms with E-state index in [0.717, 1.165) is 5.75 Å². The molecule has 0 saturated heterocycles. The average molecular weight is 803 g/mol. The molecule has 0 N–H and O–H groups in total. The molecule has 2 atom stereocenters. The first-order chi connectivity index (χ1) is 31.2. The molecule has 1 aliphatic rings. The molecule has 1 nitrogen and oxygen atoms in total. The van der Waals surface area contributed by atoms with Crippen molar-refractivity contribution in [3.63, 3.8) is 0 Å². The maximum atomic E-state index is 6.73. The van der Waals surface area contributed by atoms with Crippen molar-refractivity contribution in [1.29, 1.82) is 0 Å². The quantitative estimate of drug-likeness (QED) is 0.146. The van der Waals surface area contributed by atoms with Crippen LogP contribution in [0.3, 0.4) is 0 Å². The molecular weight excluding hydrogens is 761 g/mol. The zero-order valence-corrected chi connectivity index (χ0v) is 34.7. The lowest BCUT2D eigenvalue weighted by Gasteiger charge is -2.20. The Hall–Kier alpha value is -8.00. The van der Waals surface area contributed by atoms with E-state index in [4.69, 9.17) is 4.74 Å². The monoisotopic (exact) mass is 802 g/mol. The molecule has 1 heterocycles. The lowest BCUT2D eigenvalue weighted by atomic mass is 9.83.